The van der Waals surface area contributed by atoms with Gasteiger partial charge in [-0.2, -0.15) is 5.26 Å². The fraction of sp³-hybridized carbons (Fsp3) is 0.200. The molecule has 2 N–H and O–H groups in total. The number of Topliss-reactive ketones (excluding diaryl/α,β-unsaturated/α-hetero) is 1. The van der Waals surface area contributed by atoms with Crippen LogP contribution in [-0.2, 0) is 0 Å². The molecular formula is C15H13F2N3O. The standard InChI is InChI=1S/C15H13F2N3O/c1-8-5-11(13(21)7-19)9(2)20(8)12-4-3-10(6-18)14(16)15(12)17/h3-5H,7,19H2,1-2H3. The number of nitrogens with two attached hydrogens (primary N) is 1. The number of aromatic nitrogens is 1. The molecule has 0 spiro atoms. The van der Waals surface area contributed by atoms with Crippen molar-refractivity contribution < 1.29 is 13.6 Å². The molecule has 1 aromatic heterocycles. The first-order valence-corrected chi connectivity index (χ1v) is 6.23. The highest BCUT2D eigenvalue weighted by atomic mass is 19.2. The van der Waals surface area contributed by atoms with Gasteiger partial charge in [-0.1, -0.05) is 0 Å². The fourth-order valence-electron chi connectivity index (χ4n) is 2.32. The lowest BCUT2D eigenvalue weighted by Crippen LogP contribution is -2.14. The molecule has 0 saturated carbocycles. The molecule has 0 fully saturated rings. The van der Waals surface area contributed by atoms with Crippen LogP contribution < -0.4 is 5.73 Å². The predicted molar refractivity (Wildman–Crippen MR) is 73.3 cm³/mol. The monoisotopic (exact) mass is 289 g/mol. The number of carbonyl (C=O) groups is 1. The van der Waals surface area contributed by atoms with Gasteiger partial charge in [-0.15, -0.1) is 0 Å². The molecule has 2 aromatic rings. The van der Waals surface area contributed by atoms with E-state index in [0.717, 1.165) is 0 Å². The number of benzene rings is 1. The lowest BCUT2D eigenvalue weighted by molar-refractivity contribution is 0.100. The normalized spacial score (nSPS) is 10.5. The van der Waals surface area contributed by atoms with Crippen LogP contribution in [0.25, 0.3) is 5.69 Å². The van der Waals surface area contributed by atoms with E-state index in [-0.39, 0.29) is 23.6 Å². The Morgan fingerprint density at radius 2 is 2.00 bits per heavy atom. The van der Waals surface area contributed by atoms with Crippen LogP contribution in [0.3, 0.4) is 0 Å². The van der Waals surface area contributed by atoms with Crippen LogP contribution in [0.4, 0.5) is 8.78 Å². The Morgan fingerprint density at radius 1 is 1.33 bits per heavy atom. The van der Waals surface area contributed by atoms with Crippen LogP contribution in [0.5, 0.6) is 0 Å². The maximum Gasteiger partial charge on any atom is 0.184 e. The lowest BCUT2D eigenvalue weighted by Gasteiger charge is -2.12. The number of rotatable bonds is 3. The van der Waals surface area contributed by atoms with Crippen molar-refractivity contribution in [3.63, 3.8) is 0 Å². The van der Waals surface area contributed by atoms with Gasteiger partial charge in [0.15, 0.2) is 17.4 Å². The minimum Gasteiger partial charge on any atom is -0.324 e. The summed E-state index contributed by atoms with van der Waals surface area (Å²) in [6.45, 7) is 3.15. The lowest BCUT2D eigenvalue weighted by atomic mass is 10.1. The average Bonchev–Trinajstić information content (AvgIpc) is 2.76. The fourth-order valence-corrected chi connectivity index (χ4v) is 2.32. The first kappa shape index (κ1) is 14.9. The van der Waals surface area contributed by atoms with E-state index in [1.807, 2.05) is 0 Å². The molecule has 6 heteroatoms. The largest absolute Gasteiger partial charge is 0.324 e. The van der Waals surface area contributed by atoms with Crippen molar-refractivity contribution >= 4 is 5.78 Å². The number of hydrogen-bond donors (Lipinski definition) is 1. The molecule has 0 atom stereocenters. The third-order valence-electron chi connectivity index (χ3n) is 3.34. The van der Waals surface area contributed by atoms with E-state index in [1.54, 1.807) is 26.0 Å². The molecule has 0 bridgehead atoms. The number of halogens is 2. The summed E-state index contributed by atoms with van der Waals surface area (Å²) in [5.41, 5.74) is 6.35. The molecular weight excluding hydrogens is 276 g/mol. The van der Waals surface area contributed by atoms with Crippen molar-refractivity contribution in [2.45, 2.75) is 13.8 Å². The van der Waals surface area contributed by atoms with Crippen LogP contribution in [0.15, 0.2) is 18.2 Å². The SMILES string of the molecule is Cc1cc(C(=O)CN)c(C)n1-c1ccc(C#N)c(F)c1F. The molecule has 4 nitrogen and oxygen atoms in total. The molecule has 1 aromatic carbocycles. The van der Waals surface area contributed by atoms with Gasteiger partial charge in [-0.25, -0.2) is 8.78 Å². The first-order chi connectivity index (χ1) is 9.92. The Morgan fingerprint density at radius 3 is 2.57 bits per heavy atom. The highest BCUT2D eigenvalue weighted by Gasteiger charge is 2.20. The maximum atomic E-state index is 14.1. The predicted octanol–water partition coefficient (Wildman–Crippen LogP) is 2.39. The van der Waals surface area contributed by atoms with Crippen LogP contribution in [0.1, 0.15) is 27.3 Å². The average molecular weight is 289 g/mol. The smallest absolute Gasteiger partial charge is 0.184 e. The summed E-state index contributed by atoms with van der Waals surface area (Å²) in [4.78, 5) is 11.7. The van der Waals surface area contributed by atoms with E-state index in [4.69, 9.17) is 11.0 Å². The molecule has 0 aliphatic rings. The molecule has 0 saturated heterocycles. The van der Waals surface area contributed by atoms with Crippen molar-refractivity contribution in [3.05, 3.63) is 52.3 Å². The van der Waals surface area contributed by atoms with E-state index in [0.29, 0.717) is 17.0 Å². The van der Waals surface area contributed by atoms with Gasteiger partial charge in [0.05, 0.1) is 17.8 Å². The molecule has 108 valence electrons. The van der Waals surface area contributed by atoms with E-state index in [1.165, 1.54) is 16.7 Å². The van der Waals surface area contributed by atoms with Gasteiger partial charge < -0.3 is 10.3 Å². The highest BCUT2D eigenvalue weighted by Crippen LogP contribution is 2.25. The van der Waals surface area contributed by atoms with Gasteiger partial charge >= 0.3 is 0 Å². The minimum absolute atomic E-state index is 0.0439. The summed E-state index contributed by atoms with van der Waals surface area (Å²) < 4.78 is 29.3. The van der Waals surface area contributed by atoms with Gasteiger partial charge in [-0.3, -0.25) is 4.79 Å². The van der Waals surface area contributed by atoms with Gasteiger partial charge in [0.1, 0.15) is 6.07 Å². The number of hydrogen-bond acceptors (Lipinski definition) is 3. The zero-order valence-electron chi connectivity index (χ0n) is 11.6. The summed E-state index contributed by atoms with van der Waals surface area (Å²) in [5.74, 6) is -2.60. The van der Waals surface area contributed by atoms with E-state index >= 15 is 0 Å². The van der Waals surface area contributed by atoms with Crippen LogP contribution in [0.2, 0.25) is 0 Å². The van der Waals surface area contributed by atoms with Gasteiger partial charge in [0.25, 0.3) is 0 Å². The highest BCUT2D eigenvalue weighted by molar-refractivity contribution is 5.99. The third-order valence-corrected chi connectivity index (χ3v) is 3.34. The molecule has 0 unspecified atom stereocenters. The Balaban J connectivity index is 2.69. The van der Waals surface area contributed by atoms with E-state index in [2.05, 4.69) is 0 Å². The number of nitrogens with zero attached hydrogens (tertiary/aromatic N) is 2. The summed E-state index contributed by atoms with van der Waals surface area (Å²) in [5, 5.41) is 8.70. The summed E-state index contributed by atoms with van der Waals surface area (Å²) >= 11 is 0. The van der Waals surface area contributed by atoms with Crippen molar-refractivity contribution in [2.75, 3.05) is 6.54 Å². The molecule has 0 radical (unpaired) electrons. The molecule has 1 heterocycles. The van der Waals surface area contributed by atoms with Crippen molar-refractivity contribution in [1.29, 1.82) is 5.26 Å². The van der Waals surface area contributed by atoms with Crippen LogP contribution in [-0.4, -0.2) is 16.9 Å². The number of aryl methyl sites for hydroxylation is 1. The third kappa shape index (κ3) is 2.32. The van der Waals surface area contributed by atoms with E-state index in [9.17, 15) is 13.6 Å². The summed E-state index contributed by atoms with van der Waals surface area (Å²) in [7, 11) is 0. The van der Waals surface area contributed by atoms with Crippen molar-refractivity contribution in [2.24, 2.45) is 5.73 Å². The Bertz CT molecular complexity index is 772. The second kappa shape index (κ2) is 5.46. The van der Waals surface area contributed by atoms with E-state index < -0.39 is 11.6 Å². The summed E-state index contributed by atoms with van der Waals surface area (Å²) in [6, 6.07) is 5.68. The topological polar surface area (TPSA) is 71.8 Å². The molecule has 0 aliphatic carbocycles. The second-order valence-electron chi connectivity index (χ2n) is 4.62. The Hall–Kier alpha value is -2.52. The quantitative estimate of drug-likeness (QED) is 0.882. The Kier molecular flexibility index (Phi) is 3.87. The maximum absolute atomic E-state index is 14.1. The van der Waals surface area contributed by atoms with Crippen molar-refractivity contribution in [3.8, 4) is 11.8 Å². The summed E-state index contributed by atoms with van der Waals surface area (Å²) in [6.07, 6.45) is 0. The number of carbonyl (C=O) groups excluding carboxylic acids is 1. The number of ketones is 1. The molecule has 2 rings (SSSR count). The molecule has 21 heavy (non-hydrogen) atoms. The van der Waals surface area contributed by atoms with Gasteiger partial charge in [0, 0.05) is 17.0 Å². The first-order valence-electron chi connectivity index (χ1n) is 6.23. The van der Waals surface area contributed by atoms with Crippen molar-refractivity contribution in [1.82, 2.24) is 4.57 Å². The van der Waals surface area contributed by atoms with Crippen LogP contribution >= 0.6 is 0 Å². The number of nitriles is 1. The zero-order valence-corrected chi connectivity index (χ0v) is 11.6. The zero-order chi connectivity index (χ0) is 15.7. The molecule has 0 aliphatic heterocycles. The second-order valence-corrected chi connectivity index (χ2v) is 4.62. The van der Waals surface area contributed by atoms with Gasteiger partial charge in [-0.05, 0) is 32.0 Å². The van der Waals surface area contributed by atoms with Gasteiger partial charge in [0.2, 0.25) is 0 Å². The minimum atomic E-state index is -1.20. The Labute approximate surface area is 120 Å². The molecule has 0 amide bonds. The van der Waals surface area contributed by atoms with Crippen LogP contribution in [0, 0.1) is 36.8 Å².